The van der Waals surface area contributed by atoms with Gasteiger partial charge >= 0.3 is 5.97 Å². The van der Waals surface area contributed by atoms with Crippen molar-refractivity contribution in [2.45, 2.75) is 44.4 Å². The van der Waals surface area contributed by atoms with Gasteiger partial charge in [0.05, 0.1) is 24.2 Å². The number of carboxylic acids is 1. The van der Waals surface area contributed by atoms with E-state index in [1.165, 1.54) is 4.90 Å². The molecule has 1 aliphatic carbocycles. The summed E-state index contributed by atoms with van der Waals surface area (Å²) in [6.07, 6.45) is 0.547. The number of nitrogens with zero attached hydrogens (tertiary/aromatic N) is 1. The van der Waals surface area contributed by atoms with Crippen molar-refractivity contribution in [2.24, 2.45) is 11.8 Å². The summed E-state index contributed by atoms with van der Waals surface area (Å²) < 4.78 is 0. The number of aliphatic hydroxyl groups is 2. The first kappa shape index (κ1) is 12.6. The molecule has 0 aromatic rings. The van der Waals surface area contributed by atoms with E-state index in [1.807, 2.05) is 0 Å². The van der Waals surface area contributed by atoms with E-state index in [2.05, 4.69) is 0 Å². The predicted octanol–water partition coefficient (Wildman–Crippen LogP) is -0.293. The lowest BCUT2D eigenvalue weighted by atomic mass is 9.72. The molecule has 0 spiro atoms. The standard InChI is InChI=1S/C13H17NO5/c1-5(15)8-10-6-3-2-4-7(16)9(6)11(13(18)19)14(10)12(8)17/h5-8,10,15-16H,2-4H2,1H3,(H,18,19). The van der Waals surface area contributed by atoms with Crippen LogP contribution in [0.15, 0.2) is 11.3 Å². The van der Waals surface area contributed by atoms with Crippen LogP contribution in [0.4, 0.5) is 0 Å². The molecular formula is C13H17NO5. The molecule has 0 radical (unpaired) electrons. The first-order valence-corrected chi connectivity index (χ1v) is 6.61. The molecule has 5 unspecified atom stereocenters. The lowest BCUT2D eigenvalue weighted by Crippen LogP contribution is -2.64. The van der Waals surface area contributed by atoms with Crippen LogP contribution in [-0.2, 0) is 9.59 Å². The molecule has 2 heterocycles. The van der Waals surface area contributed by atoms with Gasteiger partial charge in [-0.15, -0.1) is 0 Å². The van der Waals surface area contributed by atoms with Crippen molar-refractivity contribution in [3.8, 4) is 0 Å². The van der Waals surface area contributed by atoms with Crippen LogP contribution in [0.1, 0.15) is 26.2 Å². The van der Waals surface area contributed by atoms with E-state index < -0.39 is 24.1 Å². The van der Waals surface area contributed by atoms with Gasteiger partial charge in [-0.25, -0.2) is 4.79 Å². The summed E-state index contributed by atoms with van der Waals surface area (Å²) in [6.45, 7) is 1.55. The van der Waals surface area contributed by atoms with E-state index in [0.717, 1.165) is 12.8 Å². The summed E-state index contributed by atoms with van der Waals surface area (Å²) in [5.74, 6) is -2.17. The number of carbonyl (C=O) groups excluding carboxylic acids is 1. The Morgan fingerprint density at radius 2 is 2.11 bits per heavy atom. The zero-order valence-electron chi connectivity index (χ0n) is 10.6. The Morgan fingerprint density at radius 1 is 1.42 bits per heavy atom. The minimum absolute atomic E-state index is 0.0518. The molecule has 2 fully saturated rings. The zero-order valence-corrected chi connectivity index (χ0v) is 10.6. The molecule has 0 aromatic carbocycles. The zero-order chi connectivity index (χ0) is 13.9. The Morgan fingerprint density at radius 3 is 2.68 bits per heavy atom. The lowest BCUT2D eigenvalue weighted by Gasteiger charge is -2.47. The molecule has 0 aromatic heterocycles. The number of carbonyl (C=O) groups is 2. The van der Waals surface area contributed by atoms with Crippen molar-refractivity contribution in [1.82, 2.24) is 4.90 Å². The Hall–Kier alpha value is -1.40. The van der Waals surface area contributed by atoms with Gasteiger partial charge in [0, 0.05) is 5.92 Å². The molecule has 3 rings (SSSR count). The molecule has 1 saturated carbocycles. The quantitative estimate of drug-likeness (QED) is 0.597. The molecule has 1 amide bonds. The fourth-order valence-corrected chi connectivity index (χ4v) is 3.86. The molecule has 2 aliphatic heterocycles. The van der Waals surface area contributed by atoms with Crippen molar-refractivity contribution in [1.29, 1.82) is 0 Å². The number of amides is 1. The van der Waals surface area contributed by atoms with Crippen LogP contribution in [0.2, 0.25) is 0 Å². The van der Waals surface area contributed by atoms with Crippen LogP contribution in [-0.4, -0.2) is 50.3 Å². The number of aliphatic hydroxyl groups excluding tert-OH is 2. The van der Waals surface area contributed by atoms with Crippen molar-refractivity contribution in [3.05, 3.63) is 11.3 Å². The van der Waals surface area contributed by atoms with Gasteiger partial charge in [-0.3, -0.25) is 4.79 Å². The summed E-state index contributed by atoms with van der Waals surface area (Å²) in [4.78, 5) is 24.7. The molecule has 3 aliphatic rings. The van der Waals surface area contributed by atoms with Crippen molar-refractivity contribution in [3.63, 3.8) is 0 Å². The average molecular weight is 267 g/mol. The summed E-state index contributed by atoms with van der Waals surface area (Å²) in [5.41, 5.74) is 0.435. The Balaban J connectivity index is 2.04. The van der Waals surface area contributed by atoms with Gasteiger partial charge in [0.1, 0.15) is 5.70 Å². The normalized spacial score (nSPS) is 38.7. The molecule has 6 heteroatoms. The summed E-state index contributed by atoms with van der Waals surface area (Å²) in [7, 11) is 0. The highest BCUT2D eigenvalue weighted by Gasteiger charge is 2.62. The van der Waals surface area contributed by atoms with Crippen molar-refractivity contribution < 1.29 is 24.9 Å². The number of hydrogen-bond acceptors (Lipinski definition) is 4. The lowest BCUT2D eigenvalue weighted by molar-refractivity contribution is -0.163. The van der Waals surface area contributed by atoms with Crippen LogP contribution < -0.4 is 0 Å². The third-order valence-corrected chi connectivity index (χ3v) is 4.59. The maximum Gasteiger partial charge on any atom is 0.352 e. The first-order chi connectivity index (χ1) is 8.95. The topological polar surface area (TPSA) is 98.1 Å². The van der Waals surface area contributed by atoms with E-state index >= 15 is 0 Å². The number of hydrogen-bond donors (Lipinski definition) is 3. The number of carboxylic acid groups (broad SMARTS) is 1. The minimum Gasteiger partial charge on any atom is -0.477 e. The van der Waals surface area contributed by atoms with Gasteiger partial charge in [0.25, 0.3) is 0 Å². The average Bonchev–Trinajstić information content (AvgIpc) is 2.61. The van der Waals surface area contributed by atoms with Gasteiger partial charge in [0.2, 0.25) is 5.91 Å². The first-order valence-electron chi connectivity index (χ1n) is 6.61. The fraction of sp³-hybridized carbons (Fsp3) is 0.692. The third-order valence-electron chi connectivity index (χ3n) is 4.59. The summed E-state index contributed by atoms with van der Waals surface area (Å²) in [5, 5.41) is 29.1. The molecule has 19 heavy (non-hydrogen) atoms. The number of β-lactam (4-membered cyclic amide) rings is 1. The second-order valence-electron chi connectivity index (χ2n) is 5.63. The monoisotopic (exact) mass is 267 g/mol. The smallest absolute Gasteiger partial charge is 0.352 e. The molecule has 104 valence electrons. The van der Waals surface area contributed by atoms with Crippen LogP contribution in [0.3, 0.4) is 0 Å². The van der Waals surface area contributed by atoms with E-state index in [0.29, 0.717) is 12.0 Å². The molecule has 5 atom stereocenters. The number of fused-ring (bicyclic) bond motifs is 3. The van der Waals surface area contributed by atoms with Gasteiger partial charge < -0.3 is 20.2 Å². The Labute approximate surface area is 110 Å². The maximum absolute atomic E-state index is 12.0. The van der Waals surface area contributed by atoms with Crippen LogP contribution >= 0.6 is 0 Å². The molecule has 3 N–H and O–H groups in total. The second-order valence-corrected chi connectivity index (χ2v) is 5.63. The second kappa shape index (κ2) is 4.05. The number of aliphatic carboxylic acids is 1. The Kier molecular flexibility index (Phi) is 2.69. The molecule has 0 bridgehead atoms. The van der Waals surface area contributed by atoms with Gasteiger partial charge in [-0.05, 0) is 31.8 Å². The highest BCUT2D eigenvalue weighted by molar-refractivity contribution is 6.00. The van der Waals surface area contributed by atoms with Crippen LogP contribution in [0, 0.1) is 11.8 Å². The van der Waals surface area contributed by atoms with Gasteiger partial charge in [-0.2, -0.15) is 0 Å². The summed E-state index contributed by atoms with van der Waals surface area (Å²) in [6, 6.07) is -0.288. The minimum atomic E-state index is -1.17. The van der Waals surface area contributed by atoms with Gasteiger partial charge in [0.15, 0.2) is 0 Å². The van der Waals surface area contributed by atoms with Crippen LogP contribution in [0.25, 0.3) is 0 Å². The van der Waals surface area contributed by atoms with Crippen LogP contribution in [0.5, 0.6) is 0 Å². The van der Waals surface area contributed by atoms with E-state index in [1.54, 1.807) is 6.92 Å². The molecule has 6 nitrogen and oxygen atoms in total. The number of rotatable bonds is 2. The van der Waals surface area contributed by atoms with E-state index in [4.69, 9.17) is 0 Å². The highest BCUT2D eigenvalue weighted by atomic mass is 16.4. The maximum atomic E-state index is 12.0. The van der Waals surface area contributed by atoms with Gasteiger partial charge in [-0.1, -0.05) is 0 Å². The SMILES string of the molecule is CC(O)C1C(=O)N2C(C(=O)O)=C3C(O)CCCC3C12. The van der Waals surface area contributed by atoms with E-state index in [9.17, 15) is 24.9 Å². The summed E-state index contributed by atoms with van der Waals surface area (Å²) >= 11 is 0. The molecule has 1 saturated heterocycles. The Bertz CT molecular complexity index is 483. The predicted molar refractivity (Wildman–Crippen MR) is 63.8 cm³/mol. The molecular weight excluding hydrogens is 250 g/mol. The van der Waals surface area contributed by atoms with Crippen molar-refractivity contribution in [2.75, 3.05) is 0 Å². The van der Waals surface area contributed by atoms with Crippen molar-refractivity contribution >= 4 is 11.9 Å². The largest absolute Gasteiger partial charge is 0.477 e. The fourth-order valence-electron chi connectivity index (χ4n) is 3.86. The van der Waals surface area contributed by atoms with E-state index in [-0.39, 0.29) is 23.6 Å². The third kappa shape index (κ3) is 1.50. The highest BCUT2D eigenvalue weighted by Crippen LogP contribution is 2.52.